The predicted molar refractivity (Wildman–Crippen MR) is 44.8 cm³/mol. The highest BCUT2D eigenvalue weighted by atomic mass is 35.7. The Morgan fingerprint density at radius 1 is 1.55 bits per heavy atom. The molecule has 0 aromatic carbocycles. The summed E-state index contributed by atoms with van der Waals surface area (Å²) in [6.07, 6.45) is 1.70. The second-order valence-corrected chi connectivity index (χ2v) is 5.68. The molecule has 0 aromatic rings. The van der Waals surface area contributed by atoms with E-state index in [2.05, 4.69) is 11.8 Å². The quantitative estimate of drug-likeness (QED) is 0.491. The Labute approximate surface area is 71.4 Å². The van der Waals surface area contributed by atoms with Crippen LogP contribution >= 0.6 is 10.7 Å². The van der Waals surface area contributed by atoms with E-state index in [1.807, 2.05) is 0 Å². The molecule has 0 saturated heterocycles. The van der Waals surface area contributed by atoms with E-state index in [1.165, 1.54) is 0 Å². The Bertz CT molecular complexity index is 303. The fourth-order valence-corrected chi connectivity index (χ4v) is 2.36. The van der Waals surface area contributed by atoms with Gasteiger partial charge in [0.2, 0.25) is 9.05 Å². The molecule has 0 N–H and O–H groups in total. The molecule has 0 radical (unpaired) electrons. The first-order chi connectivity index (χ1) is 5.02. The number of hydrogen-bond acceptors (Lipinski definition) is 2. The predicted octanol–water partition coefficient (Wildman–Crippen LogP) is 1.50. The fourth-order valence-electron chi connectivity index (χ4n) is 0.896. The molecule has 4 heteroatoms. The van der Waals surface area contributed by atoms with Crippen LogP contribution in [0, 0.1) is 11.8 Å². The van der Waals surface area contributed by atoms with Gasteiger partial charge >= 0.3 is 0 Å². The van der Waals surface area contributed by atoms with Crippen LogP contribution in [-0.4, -0.2) is 13.2 Å². The maximum absolute atomic E-state index is 10.9. The first-order valence-corrected chi connectivity index (χ1v) is 5.67. The van der Waals surface area contributed by atoms with Crippen LogP contribution in [0.15, 0.2) is 0 Å². The first kappa shape index (κ1) is 8.89. The molecule has 1 saturated carbocycles. The molecule has 0 heterocycles. The lowest BCUT2D eigenvalue weighted by Crippen LogP contribution is -2.16. The summed E-state index contributed by atoms with van der Waals surface area (Å²) in [6, 6.07) is 0. The van der Waals surface area contributed by atoms with Gasteiger partial charge in [-0.2, -0.15) is 0 Å². The summed E-state index contributed by atoms with van der Waals surface area (Å²) in [5.41, 5.74) is 0. The maximum atomic E-state index is 10.9. The maximum Gasteiger partial charge on any atom is 0.239 e. The molecule has 0 aliphatic heterocycles. The Hall–Kier alpha value is -0.200. The van der Waals surface area contributed by atoms with Crippen molar-refractivity contribution in [2.45, 2.75) is 30.9 Å². The molecule has 0 aromatic heterocycles. The van der Waals surface area contributed by atoms with E-state index in [0.717, 1.165) is 0 Å². The smallest absolute Gasteiger partial charge is 0.212 e. The zero-order valence-electron chi connectivity index (χ0n) is 6.22. The first-order valence-electron chi connectivity index (χ1n) is 3.36. The molecule has 1 aliphatic carbocycles. The molecule has 11 heavy (non-hydrogen) atoms. The normalized spacial score (nSPS) is 20.2. The largest absolute Gasteiger partial charge is 0.239 e. The second kappa shape index (κ2) is 2.69. The van der Waals surface area contributed by atoms with Crippen molar-refractivity contribution in [3.8, 4) is 11.8 Å². The molecule has 1 fully saturated rings. The highest BCUT2D eigenvalue weighted by molar-refractivity contribution is 8.15. The lowest BCUT2D eigenvalue weighted by atomic mass is 10.3. The highest BCUT2D eigenvalue weighted by Crippen LogP contribution is 2.48. The van der Waals surface area contributed by atoms with E-state index < -0.39 is 13.8 Å². The van der Waals surface area contributed by atoms with E-state index in [-0.39, 0.29) is 0 Å². The zero-order valence-corrected chi connectivity index (χ0v) is 7.80. The summed E-state index contributed by atoms with van der Waals surface area (Å²) >= 11 is 0. The monoisotopic (exact) mass is 192 g/mol. The topological polar surface area (TPSA) is 34.1 Å². The molecule has 0 atom stereocenters. The summed E-state index contributed by atoms with van der Waals surface area (Å²) < 4.78 is 21.1. The molecule has 2 nitrogen and oxygen atoms in total. The Morgan fingerprint density at radius 3 is 2.36 bits per heavy atom. The van der Waals surface area contributed by atoms with Crippen molar-refractivity contribution in [3.05, 3.63) is 0 Å². The van der Waals surface area contributed by atoms with Crippen LogP contribution in [0.5, 0.6) is 0 Å². The van der Waals surface area contributed by atoms with Gasteiger partial charge in [0.05, 0.1) is 4.75 Å². The average Bonchev–Trinajstić information content (AvgIpc) is 2.61. The fraction of sp³-hybridized carbons (Fsp3) is 0.714. The van der Waals surface area contributed by atoms with E-state index in [1.54, 1.807) is 6.92 Å². The molecule has 0 bridgehead atoms. The van der Waals surface area contributed by atoms with E-state index in [9.17, 15) is 8.42 Å². The number of hydrogen-bond donors (Lipinski definition) is 0. The van der Waals surface area contributed by atoms with Crippen molar-refractivity contribution in [1.29, 1.82) is 0 Å². The van der Waals surface area contributed by atoms with Crippen molar-refractivity contribution in [2.24, 2.45) is 0 Å². The summed E-state index contributed by atoms with van der Waals surface area (Å²) in [5.74, 6) is 5.41. The summed E-state index contributed by atoms with van der Waals surface area (Å²) in [4.78, 5) is 0. The van der Waals surface area contributed by atoms with Gasteiger partial charge < -0.3 is 0 Å². The van der Waals surface area contributed by atoms with Gasteiger partial charge in [0.15, 0.2) is 0 Å². The summed E-state index contributed by atoms with van der Waals surface area (Å²) in [6.45, 7) is 1.69. The minimum Gasteiger partial charge on any atom is -0.212 e. The van der Waals surface area contributed by atoms with Crippen LogP contribution in [0.1, 0.15) is 26.2 Å². The van der Waals surface area contributed by atoms with Crippen LogP contribution in [0.3, 0.4) is 0 Å². The van der Waals surface area contributed by atoms with E-state index >= 15 is 0 Å². The van der Waals surface area contributed by atoms with Crippen LogP contribution in [-0.2, 0) is 9.05 Å². The van der Waals surface area contributed by atoms with Gasteiger partial charge in [-0.3, -0.25) is 0 Å². The summed E-state index contributed by atoms with van der Waals surface area (Å²) in [5, 5.41) is 0. The lowest BCUT2D eigenvalue weighted by molar-refractivity contribution is 0.592. The van der Waals surface area contributed by atoms with Crippen molar-refractivity contribution in [1.82, 2.24) is 0 Å². The van der Waals surface area contributed by atoms with Crippen molar-refractivity contribution in [3.63, 3.8) is 0 Å². The van der Waals surface area contributed by atoms with E-state index in [0.29, 0.717) is 19.3 Å². The third kappa shape index (κ3) is 1.69. The third-order valence-electron chi connectivity index (χ3n) is 1.91. The Morgan fingerprint density at radius 2 is 2.09 bits per heavy atom. The highest BCUT2D eigenvalue weighted by Gasteiger charge is 2.53. The standard InChI is InChI=1S/C7H9ClO2S/c1-2-3-4-7(5-6-7)11(8,9)10/h4-6H2,1H3. The van der Waals surface area contributed by atoms with Crippen molar-refractivity contribution < 1.29 is 8.42 Å². The van der Waals surface area contributed by atoms with E-state index in [4.69, 9.17) is 10.7 Å². The van der Waals surface area contributed by atoms with Crippen molar-refractivity contribution >= 4 is 19.7 Å². The van der Waals surface area contributed by atoms with Gasteiger partial charge in [-0.05, 0) is 19.8 Å². The number of halogens is 1. The average molecular weight is 193 g/mol. The lowest BCUT2D eigenvalue weighted by Gasteiger charge is -2.04. The molecular formula is C7H9ClO2S. The molecular weight excluding hydrogens is 184 g/mol. The SMILES string of the molecule is CC#CCC1(S(=O)(=O)Cl)CC1. The molecule has 0 amide bonds. The van der Waals surface area contributed by atoms with Crippen LogP contribution < -0.4 is 0 Å². The Balaban J connectivity index is 2.75. The molecule has 62 valence electrons. The minimum atomic E-state index is -3.39. The van der Waals surface area contributed by atoms with Gasteiger partial charge in [-0.1, -0.05) is 0 Å². The molecule has 1 rings (SSSR count). The Kier molecular flexibility index (Phi) is 2.17. The summed E-state index contributed by atoms with van der Waals surface area (Å²) in [7, 11) is 1.83. The molecule has 1 aliphatic rings. The molecule has 0 unspecified atom stereocenters. The van der Waals surface area contributed by atoms with Gasteiger partial charge in [0.1, 0.15) is 0 Å². The van der Waals surface area contributed by atoms with Gasteiger partial charge in [-0.15, -0.1) is 11.8 Å². The zero-order chi connectivity index (χ0) is 8.54. The molecule has 0 spiro atoms. The van der Waals surface area contributed by atoms with Crippen LogP contribution in [0.25, 0.3) is 0 Å². The minimum absolute atomic E-state index is 0.384. The van der Waals surface area contributed by atoms with Gasteiger partial charge in [0.25, 0.3) is 0 Å². The van der Waals surface area contributed by atoms with Gasteiger partial charge in [-0.25, -0.2) is 8.42 Å². The second-order valence-electron chi connectivity index (χ2n) is 2.72. The van der Waals surface area contributed by atoms with Crippen molar-refractivity contribution in [2.75, 3.05) is 0 Å². The third-order valence-corrected chi connectivity index (χ3v) is 4.48. The number of rotatable bonds is 2. The van der Waals surface area contributed by atoms with Gasteiger partial charge in [0, 0.05) is 17.1 Å². The van der Waals surface area contributed by atoms with Crippen LogP contribution in [0.4, 0.5) is 0 Å². The van der Waals surface area contributed by atoms with Crippen LogP contribution in [0.2, 0.25) is 0 Å².